The Morgan fingerprint density at radius 3 is 2.00 bits per heavy atom. The Hall–Kier alpha value is -2.26. The number of nitrogens with zero attached hydrogens (tertiary/aromatic N) is 2. The van der Waals surface area contributed by atoms with Crippen LogP contribution in [0.3, 0.4) is 0 Å². The second-order valence-electron chi connectivity index (χ2n) is 6.48. The van der Waals surface area contributed by atoms with Crippen molar-refractivity contribution in [3.63, 3.8) is 0 Å². The van der Waals surface area contributed by atoms with Crippen LogP contribution in [0, 0.1) is 3.80 Å². The number of benzene rings is 3. The van der Waals surface area contributed by atoms with Gasteiger partial charge in [-0.2, -0.15) is 0 Å². The van der Waals surface area contributed by atoms with E-state index in [0.29, 0.717) is 6.54 Å². The van der Waals surface area contributed by atoms with E-state index in [9.17, 15) is 0 Å². The summed E-state index contributed by atoms with van der Waals surface area (Å²) >= 11 is 7.88. The van der Waals surface area contributed by atoms with Gasteiger partial charge in [-0.25, -0.2) is 0 Å². The summed E-state index contributed by atoms with van der Waals surface area (Å²) in [5.41, 5.74) is 9.00. The van der Waals surface area contributed by atoms with E-state index >= 15 is 0 Å². The zero-order valence-electron chi connectivity index (χ0n) is 15.9. The summed E-state index contributed by atoms with van der Waals surface area (Å²) in [4.78, 5) is 4.60. The van der Waals surface area contributed by atoms with E-state index in [0.717, 1.165) is 33.2 Å². The molecule has 29 heavy (non-hydrogen) atoms. The average Bonchev–Trinajstić information content (AvgIpc) is 3.09. The zero-order chi connectivity index (χ0) is 20.5. The molecule has 0 aliphatic rings. The standard InChI is InChI=1S/C16H15N3.C7H8ClN.Pt/c1-3-7-14(8-4-1)11-16-17-13-19(18-16)12-15-9-5-2-6-10-15;8-7-3-1-6(5-9)2-4-7;/h1-10H,11-12H2,(H,17,18);1-4H,5,9H2;. The van der Waals surface area contributed by atoms with Gasteiger partial charge in [0, 0.05) is 11.6 Å². The van der Waals surface area contributed by atoms with Crippen LogP contribution in [0.5, 0.6) is 0 Å². The van der Waals surface area contributed by atoms with Crippen LogP contribution in [0.1, 0.15) is 22.5 Å². The van der Waals surface area contributed by atoms with Gasteiger partial charge in [0.15, 0.2) is 0 Å². The second kappa shape index (κ2) is 11.1. The van der Waals surface area contributed by atoms with Crippen LogP contribution in [0.15, 0.2) is 84.9 Å². The fraction of sp³-hybridized carbons (Fsp3) is 0.130. The Labute approximate surface area is 186 Å². The van der Waals surface area contributed by atoms with Crippen LogP contribution in [0.25, 0.3) is 0 Å². The first-order valence-corrected chi connectivity index (χ1v) is 10.8. The van der Waals surface area contributed by atoms with Crippen molar-refractivity contribution in [1.29, 1.82) is 0 Å². The minimum absolute atomic E-state index is 0.581. The SMILES string of the molecule is NCc1ccc(Cl)cc1.[Pt]=[c]1nc(Cc2ccccc2)[nH]n1Cc1ccccc1. The third-order valence-electron chi connectivity index (χ3n) is 4.24. The molecule has 1 heterocycles. The van der Waals surface area contributed by atoms with Crippen molar-refractivity contribution in [3.05, 3.63) is 116 Å². The maximum absolute atomic E-state index is 5.63. The van der Waals surface area contributed by atoms with E-state index in [2.05, 4.69) is 82.6 Å². The van der Waals surface area contributed by atoms with E-state index in [1.165, 1.54) is 11.1 Å². The van der Waals surface area contributed by atoms with Crippen LogP contribution >= 0.6 is 11.6 Å². The van der Waals surface area contributed by atoms with Gasteiger partial charge in [0.1, 0.15) is 0 Å². The molecule has 0 aliphatic heterocycles. The van der Waals surface area contributed by atoms with E-state index < -0.39 is 0 Å². The van der Waals surface area contributed by atoms with Crippen molar-refractivity contribution < 1.29 is 19.4 Å². The third kappa shape index (κ3) is 6.93. The number of nitrogens with one attached hydrogen (secondary N) is 1. The van der Waals surface area contributed by atoms with Crippen molar-refractivity contribution in [2.45, 2.75) is 19.5 Å². The Morgan fingerprint density at radius 2 is 1.41 bits per heavy atom. The number of hydrogen-bond acceptors (Lipinski definition) is 2. The molecule has 0 unspecified atom stereocenters. The van der Waals surface area contributed by atoms with Crippen LogP contribution in [0.2, 0.25) is 5.02 Å². The van der Waals surface area contributed by atoms with Crippen molar-refractivity contribution >= 4 is 11.6 Å². The third-order valence-corrected chi connectivity index (χ3v) is 5.36. The zero-order valence-corrected chi connectivity index (χ0v) is 18.9. The minimum atomic E-state index is 0.581. The van der Waals surface area contributed by atoms with Crippen molar-refractivity contribution in [2.24, 2.45) is 5.73 Å². The van der Waals surface area contributed by atoms with Gasteiger partial charge in [-0.15, -0.1) is 0 Å². The Bertz CT molecular complexity index is 1060. The second-order valence-corrected chi connectivity index (χ2v) is 7.93. The molecule has 4 aromatic rings. The fourth-order valence-corrected chi connectivity index (χ4v) is 3.48. The van der Waals surface area contributed by atoms with Crippen LogP contribution < -0.4 is 5.73 Å². The molecule has 3 aromatic carbocycles. The molecule has 0 bridgehead atoms. The first-order valence-electron chi connectivity index (χ1n) is 9.27. The van der Waals surface area contributed by atoms with Gasteiger partial charge in [0.05, 0.1) is 0 Å². The Kier molecular flexibility index (Phi) is 8.18. The topological polar surface area (TPSA) is 59.6 Å². The van der Waals surface area contributed by atoms with E-state index in [1.807, 2.05) is 36.4 Å². The fourth-order valence-electron chi connectivity index (χ4n) is 2.74. The van der Waals surface area contributed by atoms with Gasteiger partial charge in [-0.05, 0) is 17.7 Å². The molecule has 0 fully saturated rings. The molecule has 0 radical (unpaired) electrons. The van der Waals surface area contributed by atoms with Gasteiger partial charge in [0.2, 0.25) is 0 Å². The number of hydrogen-bond donors (Lipinski definition) is 2. The first-order chi connectivity index (χ1) is 14.1. The Balaban J connectivity index is 0.000000224. The summed E-state index contributed by atoms with van der Waals surface area (Å²) in [5.74, 6) is 0.997. The summed E-state index contributed by atoms with van der Waals surface area (Å²) < 4.78 is 3.06. The van der Waals surface area contributed by atoms with Crippen LogP contribution in [0.4, 0.5) is 0 Å². The molecule has 0 saturated heterocycles. The molecule has 0 saturated carbocycles. The van der Waals surface area contributed by atoms with Crippen LogP contribution in [-0.4, -0.2) is 14.8 Å². The molecule has 6 heteroatoms. The van der Waals surface area contributed by atoms with Gasteiger partial charge in [0.25, 0.3) is 0 Å². The quantitative estimate of drug-likeness (QED) is 0.356. The first kappa shape index (κ1) is 21.4. The molecule has 0 aliphatic carbocycles. The number of halogens is 1. The number of aromatic amines is 1. The van der Waals surface area contributed by atoms with Crippen molar-refractivity contribution in [2.75, 3.05) is 0 Å². The molecular formula is C23H23ClN4Pt. The van der Waals surface area contributed by atoms with E-state index in [-0.39, 0.29) is 0 Å². The summed E-state index contributed by atoms with van der Waals surface area (Å²) in [7, 11) is 0. The molecular weight excluding hydrogens is 563 g/mol. The van der Waals surface area contributed by atoms with E-state index in [1.54, 1.807) is 0 Å². The number of aromatic nitrogens is 3. The predicted octanol–water partition coefficient (Wildman–Crippen LogP) is 4.73. The molecule has 1 aromatic heterocycles. The summed E-state index contributed by atoms with van der Waals surface area (Å²) in [6.07, 6.45) is 0.832. The van der Waals surface area contributed by atoms with Gasteiger partial charge < -0.3 is 5.73 Å². The van der Waals surface area contributed by atoms with Gasteiger partial charge in [-0.1, -0.05) is 23.7 Å². The van der Waals surface area contributed by atoms with Gasteiger partial charge in [-0.3, -0.25) is 0 Å². The Morgan fingerprint density at radius 1 is 0.828 bits per heavy atom. The molecule has 3 N–H and O–H groups in total. The average molecular weight is 586 g/mol. The van der Waals surface area contributed by atoms with E-state index in [4.69, 9.17) is 17.3 Å². The molecule has 4 nitrogen and oxygen atoms in total. The van der Waals surface area contributed by atoms with Crippen molar-refractivity contribution in [1.82, 2.24) is 14.8 Å². The van der Waals surface area contributed by atoms with Crippen LogP contribution in [-0.2, 0) is 38.9 Å². The summed E-state index contributed by atoms with van der Waals surface area (Å²) in [6, 6.07) is 28.3. The molecule has 0 amide bonds. The normalized spacial score (nSPS) is 10.3. The van der Waals surface area contributed by atoms with Crippen molar-refractivity contribution in [3.8, 4) is 0 Å². The van der Waals surface area contributed by atoms with Gasteiger partial charge >= 0.3 is 129 Å². The monoisotopic (exact) mass is 585 g/mol. The maximum atomic E-state index is 5.63. The molecule has 152 valence electrons. The molecule has 4 rings (SSSR count). The number of nitrogens with two attached hydrogens (primary N) is 1. The summed E-state index contributed by atoms with van der Waals surface area (Å²) in [6.45, 7) is 1.40. The molecule has 0 atom stereocenters. The summed E-state index contributed by atoms with van der Waals surface area (Å²) in [5, 5.41) is 4.13. The predicted molar refractivity (Wildman–Crippen MR) is 114 cm³/mol. The number of rotatable bonds is 5. The number of H-pyrrole nitrogens is 1. The molecule has 0 spiro atoms.